The van der Waals surface area contributed by atoms with Crippen LogP contribution in [0.3, 0.4) is 0 Å². The number of anilines is 2. The lowest BCUT2D eigenvalue weighted by Gasteiger charge is -2.34. The molecular weight excluding hydrogens is 531 g/mol. The van der Waals surface area contributed by atoms with Crippen molar-refractivity contribution in [2.45, 2.75) is 6.42 Å². The summed E-state index contributed by atoms with van der Waals surface area (Å²) in [6.45, 7) is 3.79. The zero-order valence-electron chi connectivity index (χ0n) is 20.2. The number of benzene rings is 2. The zero-order valence-corrected chi connectivity index (χ0v) is 21.8. The first-order chi connectivity index (χ1) is 18.0. The third-order valence-corrected chi connectivity index (χ3v) is 8.41. The summed E-state index contributed by atoms with van der Waals surface area (Å²) < 4.78 is 39.6. The number of para-hydroxylation sites is 1. The van der Waals surface area contributed by atoms with Gasteiger partial charge in [-0.2, -0.15) is 9.19 Å². The molecule has 196 valence electrons. The highest BCUT2D eigenvalue weighted by Crippen LogP contribution is 2.36. The van der Waals surface area contributed by atoms with Crippen molar-refractivity contribution in [3.05, 3.63) is 71.7 Å². The van der Waals surface area contributed by atoms with E-state index in [9.17, 15) is 22.7 Å². The van der Waals surface area contributed by atoms with Crippen molar-refractivity contribution in [1.82, 2.24) is 19.2 Å². The second kappa shape index (κ2) is 9.72. The summed E-state index contributed by atoms with van der Waals surface area (Å²) in [5, 5.41) is 14.9. The van der Waals surface area contributed by atoms with Crippen LogP contribution in [-0.2, 0) is 21.1 Å². The summed E-state index contributed by atoms with van der Waals surface area (Å²) in [5.74, 6) is -0.973. The van der Waals surface area contributed by atoms with E-state index in [1.54, 1.807) is 16.2 Å². The largest absolute Gasteiger partial charge is 0.508 e. The fourth-order valence-electron chi connectivity index (χ4n) is 4.42. The number of amides is 1. The monoisotopic (exact) mass is 554 g/mol. The van der Waals surface area contributed by atoms with E-state index in [-0.39, 0.29) is 24.0 Å². The van der Waals surface area contributed by atoms with Gasteiger partial charge in [-0.15, -0.1) is 0 Å². The number of aromatic nitrogens is 4. The standard InChI is InChI=1S/C25H23FN6O4S2/c1-14(38(2,35)36)25(34)31-11-15(7-16-5-3-4-6-20(16)31)12-37-32-24-21(23(27)28-13-29-24)22(30-32)17-8-18(26)10-19(33)9-17/h3-6,8-10,13,15,33H,1,7,11-12H2,2H3,(H2,27,28,29). The van der Waals surface area contributed by atoms with Crippen LogP contribution in [0.25, 0.3) is 22.3 Å². The van der Waals surface area contributed by atoms with Crippen LogP contribution in [0.4, 0.5) is 15.9 Å². The normalized spacial score (nSPS) is 15.4. The smallest absolute Gasteiger partial charge is 0.269 e. The quantitative estimate of drug-likeness (QED) is 0.343. The highest BCUT2D eigenvalue weighted by Gasteiger charge is 2.32. The molecular formula is C25H23FN6O4S2. The van der Waals surface area contributed by atoms with E-state index in [1.165, 1.54) is 35.3 Å². The number of nitrogens with zero attached hydrogens (tertiary/aromatic N) is 5. The maximum absolute atomic E-state index is 14.0. The Bertz CT molecular complexity index is 1690. The minimum Gasteiger partial charge on any atom is -0.508 e. The van der Waals surface area contributed by atoms with Gasteiger partial charge in [0.15, 0.2) is 15.5 Å². The third kappa shape index (κ3) is 4.82. The molecule has 13 heteroatoms. The van der Waals surface area contributed by atoms with E-state index < -0.39 is 26.5 Å². The number of hydrogen-bond acceptors (Lipinski definition) is 9. The van der Waals surface area contributed by atoms with E-state index in [0.29, 0.717) is 40.2 Å². The molecule has 3 N–H and O–H groups in total. The van der Waals surface area contributed by atoms with Gasteiger partial charge < -0.3 is 15.7 Å². The number of phenols is 1. The van der Waals surface area contributed by atoms with Crippen molar-refractivity contribution in [2.24, 2.45) is 5.92 Å². The summed E-state index contributed by atoms with van der Waals surface area (Å²) in [6.07, 6.45) is 2.92. The first kappa shape index (κ1) is 25.7. The molecule has 10 nitrogen and oxygen atoms in total. The number of fused-ring (bicyclic) bond motifs is 2. The van der Waals surface area contributed by atoms with Crippen molar-refractivity contribution in [3.63, 3.8) is 0 Å². The third-order valence-electron chi connectivity index (χ3n) is 6.22. The summed E-state index contributed by atoms with van der Waals surface area (Å²) in [5.41, 5.74) is 8.73. The predicted octanol–water partition coefficient (Wildman–Crippen LogP) is 3.18. The molecule has 0 fully saturated rings. The van der Waals surface area contributed by atoms with Gasteiger partial charge in [0.2, 0.25) is 0 Å². The van der Waals surface area contributed by atoms with Gasteiger partial charge in [-0.3, -0.25) is 4.79 Å². The van der Waals surface area contributed by atoms with Crippen LogP contribution in [0, 0.1) is 11.7 Å². The fraction of sp³-hybridized carbons (Fsp3) is 0.200. The number of nitrogens with two attached hydrogens (primary N) is 1. The van der Waals surface area contributed by atoms with E-state index in [2.05, 4.69) is 21.6 Å². The van der Waals surface area contributed by atoms with Crippen LogP contribution in [-0.4, -0.2) is 57.1 Å². The number of aromatic hydroxyl groups is 1. The molecule has 0 spiro atoms. The Morgan fingerprint density at radius 3 is 2.76 bits per heavy atom. The Morgan fingerprint density at radius 1 is 1.26 bits per heavy atom. The molecule has 1 unspecified atom stereocenters. The second-order valence-electron chi connectivity index (χ2n) is 8.98. The van der Waals surface area contributed by atoms with Crippen molar-refractivity contribution < 1.29 is 22.7 Å². The lowest BCUT2D eigenvalue weighted by Crippen LogP contribution is -2.42. The average Bonchev–Trinajstić information content (AvgIpc) is 3.25. The van der Waals surface area contributed by atoms with Gasteiger partial charge in [-0.1, -0.05) is 24.8 Å². The molecule has 0 aliphatic carbocycles. The first-order valence-electron chi connectivity index (χ1n) is 11.4. The van der Waals surface area contributed by atoms with Crippen LogP contribution >= 0.6 is 11.9 Å². The van der Waals surface area contributed by atoms with Crippen LogP contribution in [0.15, 0.2) is 60.3 Å². The van der Waals surface area contributed by atoms with Gasteiger partial charge in [-0.25, -0.2) is 22.8 Å². The summed E-state index contributed by atoms with van der Waals surface area (Å²) in [7, 11) is -3.76. The molecule has 4 aromatic rings. The van der Waals surface area contributed by atoms with Gasteiger partial charge in [0.1, 0.15) is 34.3 Å². The van der Waals surface area contributed by atoms with Crippen molar-refractivity contribution in [2.75, 3.05) is 29.2 Å². The SMILES string of the molecule is C=C(C(=O)N1CC(CSn2nc(-c3cc(O)cc(F)c3)c3c(N)ncnc32)Cc2ccccc21)S(C)(=O)=O. The van der Waals surface area contributed by atoms with Crippen LogP contribution in [0.2, 0.25) is 0 Å². The Labute approximate surface area is 222 Å². The minimum absolute atomic E-state index is 0.0636. The van der Waals surface area contributed by atoms with Gasteiger partial charge in [0, 0.05) is 35.9 Å². The van der Waals surface area contributed by atoms with Gasteiger partial charge in [0.05, 0.1) is 5.39 Å². The molecule has 1 atom stereocenters. The number of halogens is 1. The van der Waals surface area contributed by atoms with E-state index in [0.717, 1.165) is 17.9 Å². The number of hydrogen-bond donors (Lipinski definition) is 2. The summed E-state index contributed by atoms with van der Waals surface area (Å²) in [6, 6.07) is 11.0. The number of nitrogen functional groups attached to an aromatic ring is 1. The maximum atomic E-state index is 14.0. The van der Waals surface area contributed by atoms with Gasteiger partial charge in [-0.05, 0) is 48.0 Å². The van der Waals surface area contributed by atoms with Gasteiger partial charge >= 0.3 is 0 Å². The Balaban J connectivity index is 1.46. The Morgan fingerprint density at radius 2 is 2.03 bits per heavy atom. The van der Waals surface area contributed by atoms with Crippen molar-refractivity contribution in [3.8, 4) is 17.0 Å². The molecule has 0 saturated carbocycles. The summed E-state index contributed by atoms with van der Waals surface area (Å²) >= 11 is 1.32. The molecule has 2 aromatic carbocycles. The molecule has 0 radical (unpaired) electrons. The lowest BCUT2D eigenvalue weighted by atomic mass is 9.93. The minimum atomic E-state index is -3.76. The molecule has 3 heterocycles. The highest BCUT2D eigenvalue weighted by atomic mass is 32.2. The number of rotatable bonds is 6. The summed E-state index contributed by atoms with van der Waals surface area (Å²) in [4.78, 5) is 22.4. The molecule has 0 bridgehead atoms. The van der Waals surface area contributed by atoms with Crippen LogP contribution in [0.1, 0.15) is 5.56 Å². The van der Waals surface area contributed by atoms with Crippen LogP contribution < -0.4 is 10.6 Å². The van der Waals surface area contributed by atoms with Crippen molar-refractivity contribution >= 4 is 50.2 Å². The molecule has 1 aliphatic heterocycles. The predicted molar refractivity (Wildman–Crippen MR) is 145 cm³/mol. The van der Waals surface area contributed by atoms with Crippen LogP contribution in [0.5, 0.6) is 5.75 Å². The van der Waals surface area contributed by atoms with E-state index in [4.69, 9.17) is 5.73 Å². The molecule has 38 heavy (non-hydrogen) atoms. The van der Waals surface area contributed by atoms with E-state index in [1.807, 2.05) is 12.1 Å². The van der Waals surface area contributed by atoms with Crippen molar-refractivity contribution in [1.29, 1.82) is 0 Å². The fourth-order valence-corrected chi connectivity index (χ4v) is 5.82. The number of carbonyl (C=O) groups excluding carboxylic acids is 1. The molecule has 5 rings (SSSR count). The number of phenolic OH excluding ortho intramolecular Hbond substituents is 1. The Hall–Kier alpha value is -3.97. The molecule has 1 aliphatic rings. The van der Waals surface area contributed by atoms with E-state index >= 15 is 0 Å². The molecule has 2 aromatic heterocycles. The highest BCUT2D eigenvalue weighted by molar-refractivity contribution is 7.97. The molecule has 0 saturated heterocycles. The zero-order chi connectivity index (χ0) is 27.2. The average molecular weight is 555 g/mol. The second-order valence-corrected chi connectivity index (χ2v) is 12.0. The molecule has 1 amide bonds. The number of sulfone groups is 1. The topological polar surface area (TPSA) is 144 Å². The van der Waals surface area contributed by atoms with Gasteiger partial charge in [0.25, 0.3) is 5.91 Å². The number of carbonyl (C=O) groups is 1. The Kier molecular flexibility index (Phi) is 6.57. The lowest BCUT2D eigenvalue weighted by molar-refractivity contribution is -0.114. The maximum Gasteiger partial charge on any atom is 0.269 e. The first-order valence-corrected chi connectivity index (χ1v) is 14.3.